The molecule has 0 unspecified atom stereocenters. The molecular formula is C24H13ClN8O2Zn. The summed E-state index contributed by atoms with van der Waals surface area (Å²) < 4.78 is 1.30. The van der Waals surface area contributed by atoms with E-state index in [0.29, 0.717) is 38.6 Å². The Bertz CT molecular complexity index is 1690. The van der Waals surface area contributed by atoms with Crippen molar-refractivity contribution < 1.29 is 29.7 Å². The summed E-state index contributed by atoms with van der Waals surface area (Å²) in [5.41, 5.74) is 2.63. The zero-order chi connectivity index (χ0) is 23.9. The Balaban J connectivity index is 0.00000267. The second kappa shape index (κ2) is 9.45. The number of nitrogens with zero attached hydrogens (tertiary/aromatic N) is 7. The van der Waals surface area contributed by atoms with Gasteiger partial charge in [0.15, 0.2) is 5.82 Å². The molecular weight excluding hydrogens is 533 g/mol. The summed E-state index contributed by atoms with van der Waals surface area (Å²) in [5, 5.41) is 47.3. The van der Waals surface area contributed by atoms with Crippen LogP contribution in [0.3, 0.4) is 0 Å². The van der Waals surface area contributed by atoms with Gasteiger partial charge in [0.2, 0.25) is 0 Å². The summed E-state index contributed by atoms with van der Waals surface area (Å²) in [6.45, 7) is 0. The van der Waals surface area contributed by atoms with Crippen LogP contribution in [-0.2, 0) is 19.5 Å². The third-order valence-corrected chi connectivity index (χ3v) is 5.65. The molecule has 36 heavy (non-hydrogen) atoms. The molecule has 0 aliphatic carbocycles. The van der Waals surface area contributed by atoms with Gasteiger partial charge in [0, 0.05) is 33.0 Å². The van der Waals surface area contributed by atoms with Crippen molar-refractivity contribution in [3.05, 3.63) is 83.4 Å². The fourth-order valence-corrected chi connectivity index (χ4v) is 3.87. The molecule has 1 aliphatic rings. The summed E-state index contributed by atoms with van der Waals surface area (Å²) in [6, 6.07) is 21.1. The van der Waals surface area contributed by atoms with Crippen LogP contribution in [0, 0.1) is 0 Å². The number of aromatic amines is 1. The fourth-order valence-electron chi connectivity index (χ4n) is 3.75. The number of nitrogens with one attached hydrogen (secondary N) is 1. The summed E-state index contributed by atoms with van der Waals surface area (Å²) >= 11 is 6.03. The number of fused-ring (bicyclic) bond motifs is 2. The molecule has 0 atom stereocenters. The maximum absolute atomic E-state index is 12.6. The van der Waals surface area contributed by atoms with Gasteiger partial charge in [-0.2, -0.15) is 9.78 Å². The predicted molar refractivity (Wildman–Crippen MR) is 128 cm³/mol. The van der Waals surface area contributed by atoms with Crippen molar-refractivity contribution in [2.75, 3.05) is 0 Å². The monoisotopic (exact) mass is 544 g/mol. The van der Waals surface area contributed by atoms with Gasteiger partial charge in [-0.15, -0.1) is 20.4 Å². The van der Waals surface area contributed by atoms with E-state index in [2.05, 4.69) is 35.5 Å². The van der Waals surface area contributed by atoms with Gasteiger partial charge in [-0.25, -0.2) is 0 Å². The number of hydrogen-bond donors (Lipinski definition) is 1. The third-order valence-electron chi connectivity index (χ3n) is 5.40. The largest absolute Gasteiger partial charge is 2.00 e. The van der Waals surface area contributed by atoms with E-state index < -0.39 is 5.90 Å². The molecule has 0 bridgehead atoms. The number of aromatic nitrogens is 4. The molecule has 0 radical (unpaired) electrons. The number of benzene rings is 3. The van der Waals surface area contributed by atoms with E-state index in [1.54, 1.807) is 66.7 Å². The quantitative estimate of drug-likeness (QED) is 0.266. The molecule has 170 valence electrons. The number of H-pyrrole nitrogens is 1. The number of halogens is 1. The molecule has 1 N–H and O–H groups in total. The van der Waals surface area contributed by atoms with Crippen LogP contribution >= 0.6 is 11.6 Å². The number of aliphatic imine (C=N–C) groups is 1. The van der Waals surface area contributed by atoms with Gasteiger partial charge in [0.05, 0.1) is 5.69 Å². The van der Waals surface area contributed by atoms with Crippen molar-refractivity contribution in [3.8, 4) is 17.3 Å². The maximum atomic E-state index is 12.6. The van der Waals surface area contributed by atoms with Gasteiger partial charge in [-0.05, 0) is 42.3 Å². The van der Waals surface area contributed by atoms with E-state index in [-0.39, 0.29) is 42.7 Å². The number of para-hydroxylation sites is 2. The zero-order valence-corrected chi connectivity index (χ0v) is 22.2. The Kier molecular flexibility index (Phi) is 6.17. The standard InChI is InChI=1S/C24H15ClN8O2.Zn/c25-14-11-9-13(10-12-14)21-29-31-24(30-28-19-15-5-1-3-7-17(15)26-22(19)34)33(21)32-20-16-6-2-4-8-18(16)27-23(20)35;/h1-12,26,34H,(H,27,32,35);/q;+2/p-2. The molecule has 3 heterocycles. The Labute approximate surface area is 221 Å². The normalized spacial score (nSPS) is 13.8. The van der Waals surface area contributed by atoms with E-state index >= 15 is 0 Å². The van der Waals surface area contributed by atoms with Crippen LogP contribution in [-0.4, -0.2) is 31.5 Å². The summed E-state index contributed by atoms with van der Waals surface area (Å²) in [7, 11) is 0. The smallest absolute Gasteiger partial charge is 0.859 e. The molecule has 0 spiro atoms. The van der Waals surface area contributed by atoms with Crippen molar-refractivity contribution in [3.63, 3.8) is 0 Å². The van der Waals surface area contributed by atoms with Crippen LogP contribution in [0.25, 0.3) is 22.3 Å². The molecule has 12 heteroatoms. The van der Waals surface area contributed by atoms with E-state index in [4.69, 9.17) is 11.6 Å². The van der Waals surface area contributed by atoms with Gasteiger partial charge in [-0.3, -0.25) is 4.99 Å². The molecule has 0 amide bonds. The minimum atomic E-state index is -0.497. The second-order valence-corrected chi connectivity index (χ2v) is 8.01. The summed E-state index contributed by atoms with van der Waals surface area (Å²) in [4.78, 5) is 6.79. The third kappa shape index (κ3) is 4.08. The molecule has 6 rings (SSSR count). The van der Waals surface area contributed by atoms with Gasteiger partial charge < -0.3 is 15.2 Å². The van der Waals surface area contributed by atoms with Crippen molar-refractivity contribution in [2.45, 2.75) is 0 Å². The number of azo groups is 1. The van der Waals surface area contributed by atoms with E-state index in [1.165, 1.54) is 4.68 Å². The van der Waals surface area contributed by atoms with Gasteiger partial charge in [-0.1, -0.05) is 48.0 Å². The zero-order valence-electron chi connectivity index (χ0n) is 18.5. The van der Waals surface area contributed by atoms with E-state index in [1.807, 2.05) is 6.07 Å². The number of rotatable bonds is 4. The summed E-state index contributed by atoms with van der Waals surface area (Å²) in [6.07, 6.45) is 0. The summed E-state index contributed by atoms with van der Waals surface area (Å²) in [5.74, 6) is -0.599. The second-order valence-electron chi connectivity index (χ2n) is 7.57. The fraction of sp³-hybridized carbons (Fsp3) is 0. The van der Waals surface area contributed by atoms with Crippen molar-refractivity contribution in [1.82, 2.24) is 19.9 Å². The molecule has 0 saturated carbocycles. The van der Waals surface area contributed by atoms with Gasteiger partial charge >= 0.3 is 19.5 Å². The molecule has 2 aromatic heterocycles. The van der Waals surface area contributed by atoms with Crippen molar-refractivity contribution in [2.24, 2.45) is 20.3 Å². The van der Waals surface area contributed by atoms with Crippen LogP contribution in [0.5, 0.6) is 5.88 Å². The molecule has 0 fully saturated rings. The van der Waals surface area contributed by atoms with E-state index in [9.17, 15) is 10.2 Å². The Hall–Kier alpha value is -4.21. The minimum Gasteiger partial charge on any atom is -0.859 e. The topological polar surface area (TPSA) is 142 Å². The predicted octanol–water partition coefficient (Wildman–Crippen LogP) is 4.22. The first kappa shape index (κ1) is 23.5. The van der Waals surface area contributed by atoms with Crippen LogP contribution in [0.1, 0.15) is 5.56 Å². The maximum Gasteiger partial charge on any atom is 2.00 e. The van der Waals surface area contributed by atoms with Crippen LogP contribution in [0.2, 0.25) is 5.02 Å². The molecule has 5 aromatic rings. The minimum absolute atomic E-state index is 0. The molecule has 1 aliphatic heterocycles. The van der Waals surface area contributed by atoms with Crippen LogP contribution in [0.4, 0.5) is 17.3 Å². The Morgan fingerprint density at radius 1 is 0.861 bits per heavy atom. The Morgan fingerprint density at radius 3 is 2.44 bits per heavy atom. The first-order chi connectivity index (χ1) is 17.1. The average Bonchev–Trinajstić information content (AvgIpc) is 3.51. The first-order valence-corrected chi connectivity index (χ1v) is 10.8. The Morgan fingerprint density at radius 2 is 1.61 bits per heavy atom. The van der Waals surface area contributed by atoms with Gasteiger partial charge in [0.1, 0.15) is 11.4 Å². The molecule has 10 nitrogen and oxygen atoms in total. The van der Waals surface area contributed by atoms with Crippen molar-refractivity contribution in [1.29, 1.82) is 0 Å². The molecule has 0 saturated heterocycles. The van der Waals surface area contributed by atoms with Crippen LogP contribution in [0.15, 0.2) is 93.1 Å². The van der Waals surface area contributed by atoms with Crippen LogP contribution < -0.4 is 10.2 Å². The number of hydrogen-bond acceptors (Lipinski definition) is 8. The first-order valence-electron chi connectivity index (χ1n) is 10.4. The molecule has 3 aromatic carbocycles. The average molecular weight is 546 g/mol. The SMILES string of the molecule is [O-]C1=Nc2ccccc2C1=Nn1c(N=Nc2c([O-])[nH]c3ccccc23)nnc1-c1ccc(Cl)cc1.[Zn+2]. The van der Waals surface area contributed by atoms with E-state index in [0.717, 1.165) is 0 Å². The van der Waals surface area contributed by atoms with Crippen molar-refractivity contribution >= 4 is 51.4 Å². The van der Waals surface area contributed by atoms with Gasteiger partial charge in [0.25, 0.3) is 5.95 Å².